The van der Waals surface area contributed by atoms with Crippen molar-refractivity contribution in [3.8, 4) is 0 Å². The summed E-state index contributed by atoms with van der Waals surface area (Å²) in [6, 6.07) is 7.02. The van der Waals surface area contributed by atoms with Gasteiger partial charge in [0.05, 0.1) is 12.7 Å². The Hall–Kier alpha value is -0.970. The van der Waals surface area contributed by atoms with E-state index in [-0.39, 0.29) is 11.9 Å². The largest absolute Gasteiger partial charge is 0.375 e. The zero-order chi connectivity index (χ0) is 13.2. The van der Waals surface area contributed by atoms with E-state index in [0.29, 0.717) is 24.3 Å². The maximum Gasteiger partial charge on any atom is 0.128 e. The molecule has 0 amide bonds. The Morgan fingerprint density at radius 1 is 1.37 bits per heavy atom. The van der Waals surface area contributed by atoms with E-state index in [0.717, 1.165) is 19.6 Å². The molecule has 0 aromatic heterocycles. The van der Waals surface area contributed by atoms with Crippen LogP contribution < -0.4 is 5.73 Å². The predicted octanol–water partition coefficient (Wildman–Crippen LogP) is 2.08. The fourth-order valence-corrected chi connectivity index (χ4v) is 3.36. The molecule has 0 spiro atoms. The molecule has 3 atom stereocenters. The van der Waals surface area contributed by atoms with Gasteiger partial charge in [-0.15, -0.1) is 0 Å². The zero-order valence-corrected chi connectivity index (χ0v) is 11.1. The number of nitrogens with zero attached hydrogens (tertiary/aromatic N) is 1. The van der Waals surface area contributed by atoms with Crippen LogP contribution in [0.15, 0.2) is 24.3 Å². The smallest absolute Gasteiger partial charge is 0.128 e. The lowest BCUT2D eigenvalue weighted by atomic mass is 10.0. The second-order valence-electron chi connectivity index (χ2n) is 5.53. The van der Waals surface area contributed by atoms with Crippen molar-refractivity contribution in [1.29, 1.82) is 0 Å². The van der Waals surface area contributed by atoms with Crippen molar-refractivity contribution in [3.05, 3.63) is 35.6 Å². The van der Waals surface area contributed by atoms with Gasteiger partial charge in [0.1, 0.15) is 5.82 Å². The van der Waals surface area contributed by atoms with Crippen molar-refractivity contribution in [3.63, 3.8) is 0 Å². The maximum absolute atomic E-state index is 13.7. The van der Waals surface area contributed by atoms with Crippen molar-refractivity contribution in [2.75, 3.05) is 19.7 Å². The maximum atomic E-state index is 13.7. The van der Waals surface area contributed by atoms with E-state index < -0.39 is 0 Å². The first kappa shape index (κ1) is 13.0. The van der Waals surface area contributed by atoms with E-state index in [2.05, 4.69) is 4.90 Å². The Labute approximate surface area is 113 Å². The van der Waals surface area contributed by atoms with Gasteiger partial charge in [0, 0.05) is 30.7 Å². The lowest BCUT2D eigenvalue weighted by Gasteiger charge is -2.39. The summed E-state index contributed by atoms with van der Waals surface area (Å²) in [5.41, 5.74) is 6.80. The monoisotopic (exact) mass is 264 g/mol. The Balaban J connectivity index is 1.69. The summed E-state index contributed by atoms with van der Waals surface area (Å²) in [6.07, 6.45) is 3.91. The molecule has 1 aromatic rings. The van der Waals surface area contributed by atoms with Crippen LogP contribution >= 0.6 is 0 Å². The first-order valence-electron chi connectivity index (χ1n) is 7.11. The highest BCUT2D eigenvalue weighted by molar-refractivity contribution is 5.21. The van der Waals surface area contributed by atoms with Crippen molar-refractivity contribution in [2.24, 2.45) is 5.73 Å². The summed E-state index contributed by atoms with van der Waals surface area (Å²) < 4.78 is 19.5. The number of hydrogen-bond acceptors (Lipinski definition) is 3. The van der Waals surface area contributed by atoms with Crippen LogP contribution in [0.1, 0.15) is 30.9 Å². The molecular weight excluding hydrogens is 243 g/mol. The van der Waals surface area contributed by atoms with E-state index >= 15 is 0 Å². The highest BCUT2D eigenvalue weighted by atomic mass is 19.1. The van der Waals surface area contributed by atoms with Crippen molar-refractivity contribution in [1.82, 2.24) is 4.90 Å². The second-order valence-corrected chi connectivity index (χ2v) is 5.53. The number of hydrogen-bond donors (Lipinski definition) is 1. The second kappa shape index (κ2) is 5.57. The van der Waals surface area contributed by atoms with Gasteiger partial charge in [-0.1, -0.05) is 18.2 Å². The van der Waals surface area contributed by atoms with Gasteiger partial charge in [-0.25, -0.2) is 4.39 Å². The molecule has 1 aliphatic carbocycles. The Morgan fingerprint density at radius 2 is 2.21 bits per heavy atom. The molecule has 2 N–H and O–H groups in total. The average molecular weight is 264 g/mol. The van der Waals surface area contributed by atoms with E-state index in [9.17, 15) is 4.39 Å². The molecular formula is C15H21FN2O. The molecule has 3 rings (SSSR count). The summed E-state index contributed by atoms with van der Waals surface area (Å²) >= 11 is 0. The fourth-order valence-electron chi connectivity index (χ4n) is 3.36. The SMILES string of the molecule is NC(CN1CCOC2CCCC21)c1ccccc1F. The van der Waals surface area contributed by atoms with Crippen LogP contribution in [0.2, 0.25) is 0 Å². The van der Waals surface area contributed by atoms with Crippen molar-refractivity contribution in [2.45, 2.75) is 37.5 Å². The minimum absolute atomic E-state index is 0.203. The Kier molecular flexibility index (Phi) is 3.82. The number of ether oxygens (including phenoxy) is 1. The average Bonchev–Trinajstić information content (AvgIpc) is 2.88. The highest BCUT2D eigenvalue weighted by Crippen LogP contribution is 2.30. The van der Waals surface area contributed by atoms with E-state index in [1.165, 1.54) is 18.9 Å². The molecule has 2 fully saturated rings. The van der Waals surface area contributed by atoms with Crippen LogP contribution in [0.4, 0.5) is 4.39 Å². The molecule has 104 valence electrons. The minimum atomic E-state index is -0.263. The number of rotatable bonds is 3. The van der Waals surface area contributed by atoms with Crippen LogP contribution in [0.5, 0.6) is 0 Å². The van der Waals surface area contributed by atoms with E-state index in [1.807, 2.05) is 6.07 Å². The first-order valence-corrected chi connectivity index (χ1v) is 7.11. The molecule has 0 radical (unpaired) electrons. The molecule has 3 unspecified atom stereocenters. The summed E-state index contributed by atoms with van der Waals surface area (Å²) in [4.78, 5) is 2.39. The zero-order valence-electron chi connectivity index (χ0n) is 11.1. The third-order valence-electron chi connectivity index (χ3n) is 4.33. The number of benzene rings is 1. The predicted molar refractivity (Wildman–Crippen MR) is 72.3 cm³/mol. The van der Waals surface area contributed by atoms with Gasteiger partial charge < -0.3 is 10.5 Å². The van der Waals surface area contributed by atoms with Gasteiger partial charge in [-0.05, 0) is 25.3 Å². The molecule has 1 saturated carbocycles. The summed E-state index contributed by atoms with van der Waals surface area (Å²) in [6.45, 7) is 2.39. The van der Waals surface area contributed by atoms with Gasteiger partial charge in [0.25, 0.3) is 0 Å². The van der Waals surface area contributed by atoms with E-state index in [4.69, 9.17) is 10.5 Å². The van der Waals surface area contributed by atoms with Crippen LogP contribution in [0.3, 0.4) is 0 Å². The number of nitrogens with two attached hydrogens (primary N) is 1. The van der Waals surface area contributed by atoms with Gasteiger partial charge in [0.2, 0.25) is 0 Å². The van der Waals surface area contributed by atoms with Crippen LogP contribution in [-0.2, 0) is 4.74 Å². The number of morpholine rings is 1. The van der Waals surface area contributed by atoms with Crippen molar-refractivity contribution >= 4 is 0 Å². The lowest BCUT2D eigenvalue weighted by Crippen LogP contribution is -2.50. The van der Waals surface area contributed by atoms with Crippen LogP contribution in [0, 0.1) is 5.82 Å². The quantitative estimate of drug-likeness (QED) is 0.908. The number of fused-ring (bicyclic) bond motifs is 1. The topological polar surface area (TPSA) is 38.5 Å². The summed E-state index contributed by atoms with van der Waals surface area (Å²) in [7, 11) is 0. The third kappa shape index (κ3) is 2.66. The molecule has 0 bridgehead atoms. The fraction of sp³-hybridized carbons (Fsp3) is 0.600. The van der Waals surface area contributed by atoms with E-state index in [1.54, 1.807) is 12.1 Å². The van der Waals surface area contributed by atoms with Gasteiger partial charge in [-0.2, -0.15) is 0 Å². The Bertz CT molecular complexity index is 440. The minimum Gasteiger partial charge on any atom is -0.375 e. The molecule has 2 aliphatic rings. The summed E-state index contributed by atoms with van der Waals surface area (Å²) in [5, 5.41) is 0. The molecule has 19 heavy (non-hydrogen) atoms. The lowest BCUT2D eigenvalue weighted by molar-refractivity contribution is -0.0572. The molecule has 1 heterocycles. The van der Waals surface area contributed by atoms with Crippen LogP contribution in [0.25, 0.3) is 0 Å². The van der Waals surface area contributed by atoms with Crippen molar-refractivity contribution < 1.29 is 9.13 Å². The normalized spacial score (nSPS) is 29.2. The summed E-state index contributed by atoms with van der Waals surface area (Å²) in [5.74, 6) is -0.203. The molecule has 4 heteroatoms. The van der Waals surface area contributed by atoms with Gasteiger partial charge in [0.15, 0.2) is 0 Å². The molecule has 1 saturated heterocycles. The molecule has 1 aromatic carbocycles. The first-order chi connectivity index (χ1) is 9.25. The van der Waals surface area contributed by atoms with Crippen LogP contribution in [-0.4, -0.2) is 36.7 Å². The van der Waals surface area contributed by atoms with Gasteiger partial charge >= 0.3 is 0 Å². The standard InChI is InChI=1S/C15H21FN2O/c16-12-5-2-1-4-11(12)13(17)10-18-8-9-19-15-7-3-6-14(15)18/h1-2,4-5,13-15H,3,6-10,17H2. The number of halogens is 1. The highest BCUT2D eigenvalue weighted by Gasteiger charge is 2.36. The Morgan fingerprint density at radius 3 is 3.05 bits per heavy atom. The molecule has 1 aliphatic heterocycles. The third-order valence-corrected chi connectivity index (χ3v) is 4.33. The van der Waals surface area contributed by atoms with Gasteiger partial charge in [-0.3, -0.25) is 4.90 Å². The molecule has 3 nitrogen and oxygen atoms in total.